The van der Waals surface area contributed by atoms with E-state index in [1.54, 1.807) is 18.3 Å². The Balaban J connectivity index is 1.32. The van der Waals surface area contributed by atoms with Crippen LogP contribution in [0.1, 0.15) is 32.6 Å². The molecule has 3 aromatic carbocycles. The van der Waals surface area contributed by atoms with Crippen molar-refractivity contribution in [2.75, 3.05) is 6.54 Å². The van der Waals surface area contributed by atoms with E-state index in [9.17, 15) is 4.79 Å². The smallest absolute Gasteiger partial charge is 0.271 e. The van der Waals surface area contributed by atoms with E-state index >= 15 is 0 Å². The third-order valence-electron chi connectivity index (χ3n) is 5.06. The Bertz CT molecular complexity index is 1030. The Kier molecular flexibility index (Phi) is 6.03. The van der Waals surface area contributed by atoms with Crippen LogP contribution in [0.15, 0.2) is 77.9 Å². The molecule has 1 aliphatic heterocycles. The van der Waals surface area contributed by atoms with Crippen LogP contribution in [0, 0.1) is 0 Å². The molecule has 1 aliphatic rings. The van der Waals surface area contributed by atoms with Crippen molar-refractivity contribution >= 4 is 23.7 Å². The van der Waals surface area contributed by atoms with Gasteiger partial charge in [0.15, 0.2) is 0 Å². The highest BCUT2D eigenvalue weighted by atomic mass is 35.5. The summed E-state index contributed by atoms with van der Waals surface area (Å²) in [7, 11) is 0. The number of amides is 1. The first-order valence-electron chi connectivity index (χ1n) is 9.64. The number of nitrogens with zero attached hydrogens (tertiary/aromatic N) is 2. The second-order valence-electron chi connectivity index (χ2n) is 7.18. The standard InChI is InChI=1S/C24H22ClN3O/c25-23-7-3-4-19(14-23)15-26-27-24(29)21-10-8-18(9-11-21)16-28-13-12-20-5-1-2-6-22(20)17-28/h1-11,14-15H,12-13,16-17H2,(H,27,29). The van der Waals surface area contributed by atoms with E-state index in [-0.39, 0.29) is 5.91 Å². The SMILES string of the molecule is O=C(NN=Cc1cccc(Cl)c1)c1ccc(CN2CCc3ccccc3C2)cc1. The fraction of sp³-hybridized carbons (Fsp3) is 0.167. The number of carbonyl (C=O) groups excluding carboxylic acids is 1. The molecule has 0 fully saturated rings. The minimum atomic E-state index is -0.235. The van der Waals surface area contributed by atoms with Crippen molar-refractivity contribution in [1.82, 2.24) is 10.3 Å². The first-order valence-corrected chi connectivity index (χ1v) is 10.0. The third kappa shape index (κ3) is 5.11. The molecule has 0 aromatic heterocycles. The number of hydrogen-bond acceptors (Lipinski definition) is 3. The molecule has 1 heterocycles. The van der Waals surface area contributed by atoms with Crippen molar-refractivity contribution in [2.45, 2.75) is 19.5 Å². The van der Waals surface area contributed by atoms with E-state index in [1.165, 1.54) is 16.7 Å². The molecule has 0 atom stereocenters. The van der Waals surface area contributed by atoms with Gasteiger partial charge in [-0.15, -0.1) is 0 Å². The zero-order valence-electron chi connectivity index (χ0n) is 16.0. The molecule has 0 bridgehead atoms. The van der Waals surface area contributed by atoms with Crippen LogP contribution in [0.3, 0.4) is 0 Å². The fourth-order valence-electron chi connectivity index (χ4n) is 3.53. The van der Waals surface area contributed by atoms with Gasteiger partial charge in [0.2, 0.25) is 0 Å². The summed E-state index contributed by atoms with van der Waals surface area (Å²) in [6.45, 7) is 2.90. The molecule has 3 aromatic rings. The van der Waals surface area contributed by atoms with Gasteiger partial charge in [0.1, 0.15) is 0 Å². The van der Waals surface area contributed by atoms with E-state index in [0.29, 0.717) is 10.6 Å². The fourth-order valence-corrected chi connectivity index (χ4v) is 3.72. The Morgan fingerprint density at radius 2 is 1.83 bits per heavy atom. The van der Waals surface area contributed by atoms with Gasteiger partial charge in [-0.3, -0.25) is 9.69 Å². The number of carbonyl (C=O) groups is 1. The largest absolute Gasteiger partial charge is 0.294 e. The monoisotopic (exact) mass is 403 g/mol. The summed E-state index contributed by atoms with van der Waals surface area (Å²) in [4.78, 5) is 14.7. The van der Waals surface area contributed by atoms with Gasteiger partial charge in [-0.2, -0.15) is 5.10 Å². The molecule has 1 N–H and O–H groups in total. The third-order valence-corrected chi connectivity index (χ3v) is 5.30. The summed E-state index contributed by atoms with van der Waals surface area (Å²) in [6, 6.07) is 23.6. The van der Waals surface area contributed by atoms with Crippen LogP contribution < -0.4 is 5.43 Å². The maximum atomic E-state index is 12.3. The van der Waals surface area contributed by atoms with Crippen molar-refractivity contribution in [3.63, 3.8) is 0 Å². The van der Waals surface area contributed by atoms with Crippen LogP contribution in [-0.4, -0.2) is 23.6 Å². The average molecular weight is 404 g/mol. The first-order chi connectivity index (χ1) is 14.2. The minimum Gasteiger partial charge on any atom is -0.294 e. The Labute approximate surface area is 175 Å². The molecule has 0 radical (unpaired) electrons. The van der Waals surface area contributed by atoms with Crippen LogP contribution >= 0.6 is 11.6 Å². The second-order valence-corrected chi connectivity index (χ2v) is 7.62. The molecule has 0 aliphatic carbocycles. The molecule has 0 unspecified atom stereocenters. The maximum Gasteiger partial charge on any atom is 0.271 e. The van der Waals surface area contributed by atoms with Crippen molar-refractivity contribution in [1.29, 1.82) is 0 Å². The van der Waals surface area contributed by atoms with E-state index < -0.39 is 0 Å². The number of hydrazone groups is 1. The van der Waals surface area contributed by atoms with Crippen molar-refractivity contribution in [3.8, 4) is 0 Å². The molecule has 1 amide bonds. The topological polar surface area (TPSA) is 44.7 Å². The van der Waals surface area contributed by atoms with Gasteiger partial charge in [-0.25, -0.2) is 5.43 Å². The zero-order chi connectivity index (χ0) is 20.1. The molecule has 0 saturated carbocycles. The van der Waals surface area contributed by atoms with Gasteiger partial charge in [0.05, 0.1) is 6.21 Å². The average Bonchev–Trinajstić information content (AvgIpc) is 2.74. The summed E-state index contributed by atoms with van der Waals surface area (Å²) >= 11 is 5.94. The van der Waals surface area contributed by atoms with Crippen LogP contribution in [0.2, 0.25) is 5.02 Å². The Hall–Kier alpha value is -2.95. The van der Waals surface area contributed by atoms with Crippen molar-refractivity contribution in [2.24, 2.45) is 5.10 Å². The molecule has 0 spiro atoms. The highest BCUT2D eigenvalue weighted by Gasteiger charge is 2.15. The molecule has 4 nitrogen and oxygen atoms in total. The quantitative estimate of drug-likeness (QED) is 0.497. The molecule has 29 heavy (non-hydrogen) atoms. The van der Waals surface area contributed by atoms with Crippen LogP contribution in [0.4, 0.5) is 0 Å². The van der Waals surface area contributed by atoms with E-state index in [2.05, 4.69) is 39.7 Å². The molecule has 4 rings (SSSR count). The lowest BCUT2D eigenvalue weighted by Crippen LogP contribution is -2.30. The number of fused-ring (bicyclic) bond motifs is 1. The van der Waals surface area contributed by atoms with Gasteiger partial charge < -0.3 is 0 Å². The number of benzene rings is 3. The number of nitrogens with one attached hydrogen (secondary N) is 1. The van der Waals surface area contributed by atoms with E-state index in [1.807, 2.05) is 36.4 Å². The molecular weight excluding hydrogens is 382 g/mol. The summed E-state index contributed by atoms with van der Waals surface area (Å²) in [5.74, 6) is -0.235. The Morgan fingerprint density at radius 3 is 2.62 bits per heavy atom. The van der Waals surface area contributed by atoms with E-state index in [4.69, 9.17) is 11.6 Å². The molecule has 146 valence electrons. The number of rotatable bonds is 5. The van der Waals surface area contributed by atoms with Gasteiger partial charge in [0.25, 0.3) is 5.91 Å². The van der Waals surface area contributed by atoms with Crippen LogP contribution in [-0.2, 0) is 19.5 Å². The first kappa shape index (κ1) is 19.4. The van der Waals surface area contributed by atoms with Gasteiger partial charge in [-0.05, 0) is 52.9 Å². The second kappa shape index (κ2) is 9.03. The van der Waals surface area contributed by atoms with Crippen LogP contribution in [0.25, 0.3) is 0 Å². The van der Waals surface area contributed by atoms with Gasteiger partial charge in [-0.1, -0.05) is 60.1 Å². The van der Waals surface area contributed by atoms with Gasteiger partial charge in [0, 0.05) is 30.2 Å². The predicted octanol–water partition coefficient (Wildman–Crippen LogP) is 4.66. The lowest BCUT2D eigenvalue weighted by atomic mass is 9.99. The molecular formula is C24H22ClN3O. The highest BCUT2D eigenvalue weighted by molar-refractivity contribution is 6.30. The van der Waals surface area contributed by atoms with Gasteiger partial charge >= 0.3 is 0 Å². The maximum absolute atomic E-state index is 12.3. The minimum absolute atomic E-state index is 0.235. The number of halogens is 1. The number of hydrogen-bond donors (Lipinski definition) is 1. The van der Waals surface area contributed by atoms with Crippen molar-refractivity contribution in [3.05, 3.63) is 106 Å². The summed E-state index contributed by atoms with van der Waals surface area (Å²) < 4.78 is 0. The normalized spacial score (nSPS) is 14.0. The predicted molar refractivity (Wildman–Crippen MR) is 117 cm³/mol. The van der Waals surface area contributed by atoms with Crippen molar-refractivity contribution < 1.29 is 4.79 Å². The zero-order valence-corrected chi connectivity index (χ0v) is 16.8. The summed E-state index contributed by atoms with van der Waals surface area (Å²) in [6.07, 6.45) is 2.66. The molecule has 5 heteroatoms. The molecule has 0 saturated heterocycles. The highest BCUT2D eigenvalue weighted by Crippen LogP contribution is 2.20. The summed E-state index contributed by atoms with van der Waals surface area (Å²) in [5.41, 5.74) is 8.03. The summed E-state index contributed by atoms with van der Waals surface area (Å²) in [5, 5.41) is 4.64. The van der Waals surface area contributed by atoms with E-state index in [0.717, 1.165) is 31.6 Å². The Morgan fingerprint density at radius 1 is 1.03 bits per heavy atom. The van der Waals surface area contributed by atoms with Crippen LogP contribution in [0.5, 0.6) is 0 Å². The lowest BCUT2D eigenvalue weighted by molar-refractivity contribution is 0.0955. The lowest BCUT2D eigenvalue weighted by Gasteiger charge is -2.28.